The SMILES string of the molecule is COC(=O)/C=C/CCNC(=O)C(C)NC(=O)c1ccc(Cl)cc1. The molecule has 0 aliphatic heterocycles. The van der Waals surface area contributed by atoms with E-state index in [9.17, 15) is 14.4 Å². The van der Waals surface area contributed by atoms with E-state index in [-0.39, 0.29) is 11.8 Å². The Hall–Kier alpha value is -2.34. The lowest BCUT2D eigenvalue weighted by atomic mass is 10.2. The summed E-state index contributed by atoms with van der Waals surface area (Å²) < 4.78 is 4.44. The van der Waals surface area contributed by atoms with Gasteiger partial charge in [0.2, 0.25) is 5.91 Å². The van der Waals surface area contributed by atoms with Gasteiger partial charge in [0.1, 0.15) is 6.04 Å². The monoisotopic (exact) mass is 338 g/mol. The fourth-order valence-corrected chi connectivity index (χ4v) is 1.75. The molecule has 0 fully saturated rings. The summed E-state index contributed by atoms with van der Waals surface area (Å²) in [6.07, 6.45) is 3.37. The van der Waals surface area contributed by atoms with Gasteiger partial charge in [-0.3, -0.25) is 9.59 Å². The first-order chi connectivity index (χ1) is 10.9. The summed E-state index contributed by atoms with van der Waals surface area (Å²) in [7, 11) is 1.29. The van der Waals surface area contributed by atoms with Crippen LogP contribution in [0.4, 0.5) is 0 Å². The minimum absolute atomic E-state index is 0.307. The number of ether oxygens (including phenoxy) is 1. The molecule has 1 aromatic carbocycles. The normalized spacial score (nSPS) is 11.8. The van der Waals surface area contributed by atoms with Crippen LogP contribution in [0.1, 0.15) is 23.7 Å². The number of carbonyl (C=O) groups is 3. The molecule has 1 atom stereocenters. The highest BCUT2D eigenvalue weighted by molar-refractivity contribution is 6.30. The van der Waals surface area contributed by atoms with Crippen molar-refractivity contribution < 1.29 is 19.1 Å². The first-order valence-electron chi connectivity index (χ1n) is 7.02. The Morgan fingerprint density at radius 2 is 1.91 bits per heavy atom. The number of halogens is 1. The average molecular weight is 339 g/mol. The van der Waals surface area contributed by atoms with Crippen LogP contribution < -0.4 is 10.6 Å². The third-order valence-electron chi connectivity index (χ3n) is 2.91. The maximum Gasteiger partial charge on any atom is 0.330 e. The second kappa shape index (κ2) is 9.63. The molecule has 0 aromatic heterocycles. The van der Waals surface area contributed by atoms with E-state index in [0.717, 1.165) is 0 Å². The van der Waals surface area contributed by atoms with E-state index in [1.54, 1.807) is 37.3 Å². The molecule has 7 heteroatoms. The number of benzene rings is 1. The Morgan fingerprint density at radius 1 is 1.26 bits per heavy atom. The summed E-state index contributed by atoms with van der Waals surface area (Å²) in [6.45, 7) is 1.95. The zero-order valence-electron chi connectivity index (χ0n) is 13.0. The quantitative estimate of drug-likeness (QED) is 0.450. The van der Waals surface area contributed by atoms with Crippen LogP contribution in [0.25, 0.3) is 0 Å². The topological polar surface area (TPSA) is 84.5 Å². The van der Waals surface area contributed by atoms with Gasteiger partial charge in [-0.05, 0) is 37.6 Å². The molecule has 0 bridgehead atoms. The van der Waals surface area contributed by atoms with E-state index in [1.165, 1.54) is 13.2 Å². The van der Waals surface area contributed by atoms with Gasteiger partial charge in [-0.1, -0.05) is 17.7 Å². The fourth-order valence-electron chi connectivity index (χ4n) is 1.63. The summed E-state index contributed by atoms with van der Waals surface area (Å²) in [5.74, 6) is -1.10. The summed E-state index contributed by atoms with van der Waals surface area (Å²) in [5, 5.41) is 5.79. The fraction of sp³-hybridized carbons (Fsp3) is 0.312. The second-order valence-corrected chi connectivity index (χ2v) is 5.14. The van der Waals surface area contributed by atoms with Crippen molar-refractivity contribution in [3.63, 3.8) is 0 Å². The molecule has 0 aliphatic rings. The Labute approximate surface area is 139 Å². The van der Waals surface area contributed by atoms with Crippen molar-refractivity contribution in [3.8, 4) is 0 Å². The molecule has 1 aromatic rings. The standard InChI is InChI=1S/C16H19ClN2O4/c1-11(15(21)18-10-4-3-5-14(20)23-2)19-16(22)12-6-8-13(17)9-7-12/h3,5-9,11H,4,10H2,1-2H3,(H,18,21)(H,19,22)/b5-3+. The molecule has 0 saturated heterocycles. The lowest BCUT2D eigenvalue weighted by Crippen LogP contribution is -2.45. The number of methoxy groups -OCH3 is 1. The molecule has 0 heterocycles. The highest BCUT2D eigenvalue weighted by Crippen LogP contribution is 2.09. The molecule has 2 N–H and O–H groups in total. The van der Waals surface area contributed by atoms with Crippen molar-refractivity contribution in [3.05, 3.63) is 47.0 Å². The third kappa shape index (κ3) is 6.97. The van der Waals surface area contributed by atoms with Gasteiger partial charge in [0, 0.05) is 23.2 Å². The molecule has 6 nitrogen and oxygen atoms in total. The van der Waals surface area contributed by atoms with Crippen LogP contribution in [0.5, 0.6) is 0 Å². The number of rotatable bonds is 7. The first-order valence-corrected chi connectivity index (χ1v) is 7.40. The van der Waals surface area contributed by atoms with Crippen molar-refractivity contribution in [2.45, 2.75) is 19.4 Å². The molecule has 0 spiro atoms. The van der Waals surface area contributed by atoms with Crippen LogP contribution in [0.3, 0.4) is 0 Å². The lowest BCUT2D eigenvalue weighted by Gasteiger charge is -2.13. The number of nitrogens with one attached hydrogen (secondary N) is 2. The predicted molar refractivity (Wildman–Crippen MR) is 87.2 cm³/mol. The van der Waals surface area contributed by atoms with Crippen molar-refractivity contribution in [1.82, 2.24) is 10.6 Å². The van der Waals surface area contributed by atoms with E-state index < -0.39 is 12.0 Å². The Morgan fingerprint density at radius 3 is 2.52 bits per heavy atom. The molecule has 1 rings (SSSR count). The highest BCUT2D eigenvalue weighted by Gasteiger charge is 2.15. The smallest absolute Gasteiger partial charge is 0.330 e. The Bertz CT molecular complexity index is 584. The summed E-state index contributed by atoms with van der Waals surface area (Å²) in [4.78, 5) is 34.7. The predicted octanol–water partition coefficient (Wildman–Crippen LogP) is 1.69. The van der Waals surface area contributed by atoms with E-state index in [2.05, 4.69) is 15.4 Å². The van der Waals surface area contributed by atoms with E-state index in [1.807, 2.05) is 0 Å². The van der Waals surface area contributed by atoms with Gasteiger partial charge >= 0.3 is 5.97 Å². The minimum Gasteiger partial charge on any atom is -0.466 e. The van der Waals surface area contributed by atoms with Crippen molar-refractivity contribution >= 4 is 29.4 Å². The molecular formula is C16H19ClN2O4. The molecule has 2 amide bonds. The average Bonchev–Trinajstić information content (AvgIpc) is 2.54. The second-order valence-electron chi connectivity index (χ2n) is 4.71. The molecule has 0 saturated carbocycles. The first kappa shape index (κ1) is 18.7. The van der Waals surface area contributed by atoms with Crippen molar-refractivity contribution in [2.75, 3.05) is 13.7 Å². The number of hydrogen-bond acceptors (Lipinski definition) is 4. The molecule has 124 valence electrons. The highest BCUT2D eigenvalue weighted by atomic mass is 35.5. The van der Waals surface area contributed by atoms with Gasteiger partial charge < -0.3 is 15.4 Å². The van der Waals surface area contributed by atoms with Gasteiger partial charge in [-0.15, -0.1) is 0 Å². The third-order valence-corrected chi connectivity index (χ3v) is 3.16. The van der Waals surface area contributed by atoms with E-state index in [0.29, 0.717) is 23.6 Å². The van der Waals surface area contributed by atoms with E-state index in [4.69, 9.17) is 11.6 Å². The number of esters is 1. The number of carbonyl (C=O) groups excluding carboxylic acids is 3. The zero-order valence-corrected chi connectivity index (χ0v) is 13.7. The maximum absolute atomic E-state index is 12.0. The Kier molecular flexibility index (Phi) is 7.83. The number of hydrogen-bond donors (Lipinski definition) is 2. The van der Waals surface area contributed by atoms with Crippen molar-refractivity contribution in [2.24, 2.45) is 0 Å². The summed E-state index contributed by atoms with van der Waals surface area (Å²) >= 11 is 5.75. The minimum atomic E-state index is -0.678. The molecule has 0 aliphatic carbocycles. The lowest BCUT2D eigenvalue weighted by molar-refractivity contribution is -0.134. The Balaban J connectivity index is 2.36. The molecule has 0 radical (unpaired) electrons. The van der Waals surface area contributed by atoms with Crippen LogP contribution in [0.15, 0.2) is 36.4 Å². The molecular weight excluding hydrogens is 320 g/mol. The zero-order chi connectivity index (χ0) is 17.2. The largest absolute Gasteiger partial charge is 0.466 e. The van der Waals surface area contributed by atoms with Gasteiger partial charge in [0.25, 0.3) is 5.91 Å². The van der Waals surface area contributed by atoms with Crippen LogP contribution in [-0.2, 0) is 14.3 Å². The van der Waals surface area contributed by atoms with Crippen molar-refractivity contribution in [1.29, 1.82) is 0 Å². The van der Waals surface area contributed by atoms with E-state index >= 15 is 0 Å². The van der Waals surface area contributed by atoms with Gasteiger partial charge in [0.15, 0.2) is 0 Å². The molecule has 23 heavy (non-hydrogen) atoms. The van der Waals surface area contributed by atoms with Crippen LogP contribution in [-0.4, -0.2) is 37.5 Å². The van der Waals surface area contributed by atoms with Crippen LogP contribution in [0.2, 0.25) is 5.02 Å². The number of amides is 2. The summed E-state index contributed by atoms with van der Waals surface area (Å²) in [5.41, 5.74) is 0.426. The van der Waals surface area contributed by atoms with Gasteiger partial charge in [-0.25, -0.2) is 4.79 Å². The van der Waals surface area contributed by atoms with Crippen LogP contribution >= 0.6 is 11.6 Å². The van der Waals surface area contributed by atoms with Crippen LogP contribution in [0, 0.1) is 0 Å². The summed E-state index contributed by atoms with van der Waals surface area (Å²) in [6, 6.07) is 5.70. The van der Waals surface area contributed by atoms with Gasteiger partial charge in [0.05, 0.1) is 7.11 Å². The van der Waals surface area contributed by atoms with Gasteiger partial charge in [-0.2, -0.15) is 0 Å². The molecule has 1 unspecified atom stereocenters. The maximum atomic E-state index is 12.0.